The van der Waals surface area contributed by atoms with Crippen LogP contribution in [0.1, 0.15) is 27.5 Å². The molecule has 164 valence electrons. The number of rotatable bonds is 5. The second kappa shape index (κ2) is 7.98. The number of aromatic nitrogens is 4. The minimum Gasteiger partial charge on any atom is -0.478 e. The topological polar surface area (TPSA) is 94.0 Å². The summed E-state index contributed by atoms with van der Waals surface area (Å²) < 4.78 is 20.7. The largest absolute Gasteiger partial charge is 0.478 e. The molecule has 0 spiro atoms. The maximum atomic E-state index is 13.3. The summed E-state index contributed by atoms with van der Waals surface area (Å²) in [6.07, 6.45) is 4.93. The lowest BCUT2D eigenvalue weighted by Gasteiger charge is -2.06. The Hall–Kier alpha value is -4.33. The van der Waals surface area contributed by atoms with E-state index in [0.29, 0.717) is 18.0 Å². The van der Waals surface area contributed by atoms with Gasteiger partial charge in [-0.25, -0.2) is 9.18 Å². The normalized spacial score (nSPS) is 11.2. The van der Waals surface area contributed by atoms with Gasteiger partial charge in [-0.3, -0.25) is 9.97 Å². The van der Waals surface area contributed by atoms with E-state index in [9.17, 15) is 14.3 Å². The van der Waals surface area contributed by atoms with Crippen LogP contribution in [0.15, 0.2) is 65.6 Å². The molecule has 0 amide bonds. The second-order valence-electron chi connectivity index (χ2n) is 7.81. The van der Waals surface area contributed by atoms with E-state index in [2.05, 4.69) is 10.1 Å². The van der Waals surface area contributed by atoms with Crippen molar-refractivity contribution in [3.05, 3.63) is 89.6 Å². The average molecular weight is 442 g/mol. The van der Waals surface area contributed by atoms with E-state index in [4.69, 9.17) is 9.51 Å². The van der Waals surface area contributed by atoms with Crippen molar-refractivity contribution in [1.82, 2.24) is 19.7 Å². The van der Waals surface area contributed by atoms with E-state index >= 15 is 0 Å². The number of aryl methyl sites for hydroxylation is 2. The molecule has 4 heterocycles. The molecule has 0 unspecified atom stereocenters. The molecule has 0 atom stereocenters. The van der Waals surface area contributed by atoms with Crippen LogP contribution in [0.3, 0.4) is 0 Å². The van der Waals surface area contributed by atoms with Crippen molar-refractivity contribution in [2.45, 2.75) is 20.4 Å². The number of carboxylic acid groups (broad SMARTS) is 1. The molecule has 1 aromatic carbocycles. The van der Waals surface area contributed by atoms with Gasteiger partial charge in [-0.2, -0.15) is 0 Å². The van der Waals surface area contributed by atoms with Gasteiger partial charge in [-0.05, 0) is 49.7 Å². The average Bonchev–Trinajstić information content (AvgIpc) is 3.34. The highest BCUT2D eigenvalue weighted by Gasteiger charge is 2.17. The van der Waals surface area contributed by atoms with Crippen molar-refractivity contribution >= 4 is 17.0 Å². The fraction of sp³-hybridized carbons (Fsp3) is 0.120. The van der Waals surface area contributed by atoms with Gasteiger partial charge in [0.05, 0.1) is 40.7 Å². The van der Waals surface area contributed by atoms with Crippen molar-refractivity contribution < 1.29 is 18.8 Å². The highest BCUT2D eigenvalue weighted by Crippen LogP contribution is 2.34. The summed E-state index contributed by atoms with van der Waals surface area (Å²) in [5.41, 5.74) is 6.77. The zero-order chi connectivity index (χ0) is 23.1. The van der Waals surface area contributed by atoms with Crippen molar-refractivity contribution in [3.63, 3.8) is 0 Å². The first-order chi connectivity index (χ1) is 15.9. The summed E-state index contributed by atoms with van der Waals surface area (Å²) in [4.78, 5) is 20.2. The molecule has 0 saturated heterocycles. The van der Waals surface area contributed by atoms with Gasteiger partial charge in [0.15, 0.2) is 0 Å². The molecule has 4 aromatic heterocycles. The summed E-state index contributed by atoms with van der Waals surface area (Å²) >= 11 is 0. The second-order valence-corrected chi connectivity index (χ2v) is 7.81. The van der Waals surface area contributed by atoms with Gasteiger partial charge in [0.25, 0.3) is 0 Å². The van der Waals surface area contributed by atoms with Gasteiger partial charge in [0.2, 0.25) is 0 Å². The van der Waals surface area contributed by atoms with Crippen molar-refractivity contribution in [2.24, 2.45) is 0 Å². The summed E-state index contributed by atoms with van der Waals surface area (Å²) in [7, 11) is 0. The molecule has 0 bridgehead atoms. The molecule has 0 aliphatic carbocycles. The molecule has 0 saturated carbocycles. The molecule has 5 aromatic rings. The van der Waals surface area contributed by atoms with Crippen molar-refractivity contribution in [3.8, 4) is 22.3 Å². The molecule has 5 rings (SSSR count). The van der Waals surface area contributed by atoms with Gasteiger partial charge >= 0.3 is 5.97 Å². The van der Waals surface area contributed by atoms with Crippen LogP contribution in [-0.4, -0.2) is 30.8 Å². The van der Waals surface area contributed by atoms with E-state index in [0.717, 1.165) is 39.0 Å². The van der Waals surface area contributed by atoms with Crippen molar-refractivity contribution in [2.75, 3.05) is 0 Å². The monoisotopic (exact) mass is 442 g/mol. The number of carboxylic acids is 1. The van der Waals surface area contributed by atoms with Crippen LogP contribution in [0.25, 0.3) is 33.3 Å². The number of nitrogens with zero attached hydrogens (tertiary/aromatic N) is 4. The number of benzene rings is 1. The van der Waals surface area contributed by atoms with Gasteiger partial charge in [-0.15, -0.1) is 0 Å². The molecule has 0 fully saturated rings. The first-order valence-electron chi connectivity index (χ1n) is 10.3. The Bertz CT molecular complexity index is 1470. The van der Waals surface area contributed by atoms with Crippen LogP contribution in [0.4, 0.5) is 4.39 Å². The molecule has 7 nitrogen and oxygen atoms in total. The highest BCUT2D eigenvalue weighted by atomic mass is 19.1. The zero-order valence-corrected chi connectivity index (χ0v) is 17.9. The van der Waals surface area contributed by atoms with Gasteiger partial charge in [0, 0.05) is 29.1 Å². The third kappa shape index (κ3) is 3.76. The molecule has 1 N–H and O–H groups in total. The first kappa shape index (κ1) is 20.6. The molecule has 33 heavy (non-hydrogen) atoms. The first-order valence-corrected chi connectivity index (χ1v) is 10.3. The Morgan fingerprint density at radius 1 is 1.06 bits per heavy atom. The van der Waals surface area contributed by atoms with Crippen LogP contribution in [0.2, 0.25) is 0 Å². The standard InChI is InChI=1S/C25H19FN4O3/c1-14-23(15(2)33-29-14)18-9-22-24(28-10-18)21(16-3-5-17(6-4-16)25(31)32)13-30(22)12-20-8-7-19(26)11-27-20/h3-11,13H,12H2,1-2H3,(H,31,32). The molecular formula is C25H19FN4O3. The quantitative estimate of drug-likeness (QED) is 0.399. The third-order valence-electron chi connectivity index (χ3n) is 5.60. The number of aromatic carboxylic acids is 1. The number of hydrogen-bond acceptors (Lipinski definition) is 5. The molecule has 8 heteroatoms. The van der Waals surface area contributed by atoms with E-state index in [1.807, 2.05) is 30.7 Å². The Morgan fingerprint density at radius 3 is 2.48 bits per heavy atom. The maximum absolute atomic E-state index is 13.3. The van der Waals surface area contributed by atoms with Crippen LogP contribution < -0.4 is 0 Å². The minimum absolute atomic E-state index is 0.214. The lowest BCUT2D eigenvalue weighted by molar-refractivity contribution is 0.0697. The molecular weight excluding hydrogens is 423 g/mol. The summed E-state index contributed by atoms with van der Waals surface area (Å²) in [6.45, 7) is 4.15. The van der Waals surface area contributed by atoms with E-state index in [-0.39, 0.29) is 5.56 Å². The fourth-order valence-corrected chi connectivity index (χ4v) is 4.01. The number of pyridine rings is 2. The lowest BCUT2D eigenvalue weighted by Crippen LogP contribution is -2.00. The summed E-state index contributed by atoms with van der Waals surface area (Å²) in [5, 5.41) is 13.3. The van der Waals surface area contributed by atoms with E-state index < -0.39 is 11.8 Å². The smallest absolute Gasteiger partial charge is 0.335 e. The fourth-order valence-electron chi connectivity index (χ4n) is 4.01. The minimum atomic E-state index is -0.978. The number of fused-ring (bicyclic) bond motifs is 1. The van der Waals surface area contributed by atoms with E-state index in [1.54, 1.807) is 36.5 Å². The van der Waals surface area contributed by atoms with Gasteiger partial charge in [0.1, 0.15) is 11.6 Å². The third-order valence-corrected chi connectivity index (χ3v) is 5.60. The SMILES string of the molecule is Cc1noc(C)c1-c1cnc2c(-c3ccc(C(=O)O)cc3)cn(Cc3ccc(F)cn3)c2c1. The van der Waals surface area contributed by atoms with Crippen LogP contribution in [-0.2, 0) is 6.54 Å². The predicted octanol–water partition coefficient (Wildman–Crippen LogP) is 5.26. The van der Waals surface area contributed by atoms with Crippen molar-refractivity contribution in [1.29, 1.82) is 0 Å². The van der Waals surface area contributed by atoms with Crippen LogP contribution in [0.5, 0.6) is 0 Å². The Labute approximate surface area is 188 Å². The highest BCUT2D eigenvalue weighted by molar-refractivity contribution is 5.96. The van der Waals surface area contributed by atoms with E-state index in [1.165, 1.54) is 12.3 Å². The van der Waals surface area contributed by atoms with Gasteiger partial charge in [-0.1, -0.05) is 17.3 Å². The zero-order valence-electron chi connectivity index (χ0n) is 17.9. The Morgan fingerprint density at radius 2 is 1.85 bits per heavy atom. The van der Waals surface area contributed by atoms with Crippen LogP contribution in [0, 0.1) is 19.7 Å². The predicted molar refractivity (Wildman–Crippen MR) is 120 cm³/mol. The Balaban J connectivity index is 1.67. The number of halogens is 1. The summed E-state index contributed by atoms with van der Waals surface area (Å²) in [5.74, 6) is -0.664. The lowest BCUT2D eigenvalue weighted by atomic mass is 10.0. The molecule has 0 radical (unpaired) electrons. The van der Waals surface area contributed by atoms with Crippen LogP contribution >= 0.6 is 0 Å². The number of carbonyl (C=O) groups is 1. The van der Waals surface area contributed by atoms with Gasteiger partial charge < -0.3 is 14.2 Å². The Kier molecular flexibility index (Phi) is 4.97. The number of hydrogen-bond donors (Lipinski definition) is 1. The summed E-state index contributed by atoms with van der Waals surface area (Å²) in [6, 6.07) is 11.7. The molecule has 0 aliphatic rings. The molecule has 0 aliphatic heterocycles. The maximum Gasteiger partial charge on any atom is 0.335 e.